The monoisotopic (exact) mass is 433 g/mol. The molecule has 4 rings (SSSR count). The maximum atomic E-state index is 12.3. The fourth-order valence-electron chi connectivity index (χ4n) is 3.90. The van der Waals surface area contributed by atoms with Crippen LogP contribution in [0.2, 0.25) is 0 Å². The van der Waals surface area contributed by atoms with Crippen LogP contribution in [-0.2, 0) is 6.54 Å². The number of H-pyrrole nitrogens is 1. The number of nitrogens with one attached hydrogen (secondary N) is 3. The Balaban J connectivity index is 1.13. The fraction of sp³-hybridized carbons (Fsp3) is 0.375. The molecule has 0 bridgehead atoms. The van der Waals surface area contributed by atoms with Crippen LogP contribution in [0.25, 0.3) is 11.4 Å². The average Bonchev–Trinajstić information content (AvgIpc) is 3.25. The molecule has 8 heteroatoms. The van der Waals surface area contributed by atoms with Crippen molar-refractivity contribution < 1.29 is 4.79 Å². The van der Waals surface area contributed by atoms with Gasteiger partial charge in [0.2, 0.25) is 0 Å². The maximum absolute atomic E-state index is 12.3. The Labute approximate surface area is 189 Å². The lowest BCUT2D eigenvalue weighted by atomic mass is 10.2. The molecule has 32 heavy (non-hydrogen) atoms. The lowest BCUT2D eigenvalue weighted by Crippen LogP contribution is -2.46. The number of piperazine rings is 1. The second-order valence-corrected chi connectivity index (χ2v) is 8.16. The highest BCUT2D eigenvalue weighted by atomic mass is 16.2. The van der Waals surface area contributed by atoms with Gasteiger partial charge in [-0.25, -0.2) is 9.78 Å². The van der Waals surface area contributed by atoms with Crippen LogP contribution in [-0.4, -0.2) is 70.3 Å². The van der Waals surface area contributed by atoms with E-state index in [-0.39, 0.29) is 6.03 Å². The zero-order valence-corrected chi connectivity index (χ0v) is 18.6. The molecular formula is C24H31N7O. The van der Waals surface area contributed by atoms with Gasteiger partial charge in [0, 0.05) is 50.5 Å². The average molecular weight is 434 g/mol. The molecule has 3 aromatic rings. The lowest BCUT2D eigenvalue weighted by molar-refractivity contribution is 0.126. The Hall–Kier alpha value is -3.23. The van der Waals surface area contributed by atoms with E-state index in [9.17, 15) is 4.79 Å². The third-order valence-corrected chi connectivity index (χ3v) is 5.63. The minimum Gasteiger partial charge on any atom is -0.338 e. The molecule has 8 nitrogen and oxygen atoms in total. The summed E-state index contributed by atoms with van der Waals surface area (Å²) < 4.78 is 0. The number of aromatic nitrogens is 3. The number of hydrogen-bond acceptors (Lipinski definition) is 5. The van der Waals surface area contributed by atoms with Crippen LogP contribution in [0, 0.1) is 6.92 Å². The Morgan fingerprint density at radius 1 is 1.03 bits per heavy atom. The summed E-state index contributed by atoms with van der Waals surface area (Å²) in [5, 5.41) is 12.8. The van der Waals surface area contributed by atoms with E-state index in [1.807, 2.05) is 31.2 Å². The van der Waals surface area contributed by atoms with E-state index in [2.05, 4.69) is 65.9 Å². The molecule has 0 atom stereocenters. The maximum Gasteiger partial charge on any atom is 0.319 e. The van der Waals surface area contributed by atoms with Crippen molar-refractivity contribution in [1.82, 2.24) is 30.3 Å². The molecule has 1 fully saturated rings. The van der Waals surface area contributed by atoms with Gasteiger partial charge < -0.3 is 15.5 Å². The second kappa shape index (κ2) is 10.9. The van der Waals surface area contributed by atoms with Crippen LogP contribution in [0.15, 0.2) is 54.6 Å². The number of aromatic amines is 1. The van der Waals surface area contributed by atoms with Crippen molar-refractivity contribution in [2.75, 3.05) is 44.6 Å². The predicted octanol–water partition coefficient (Wildman–Crippen LogP) is 3.11. The number of rotatable bonds is 8. The zero-order chi connectivity index (χ0) is 22.2. The number of nitrogens with zero attached hydrogens (tertiary/aromatic N) is 4. The van der Waals surface area contributed by atoms with E-state index in [4.69, 9.17) is 0 Å². The van der Waals surface area contributed by atoms with Crippen LogP contribution in [0.1, 0.15) is 17.8 Å². The second-order valence-electron chi connectivity index (χ2n) is 8.16. The number of urea groups is 1. The number of anilines is 1. The summed E-state index contributed by atoms with van der Waals surface area (Å²) in [6, 6.07) is 18.0. The molecule has 168 valence electrons. The molecule has 0 radical (unpaired) electrons. The fourth-order valence-corrected chi connectivity index (χ4v) is 3.90. The molecule has 3 N–H and O–H groups in total. The zero-order valence-electron chi connectivity index (χ0n) is 18.6. The molecule has 1 aliphatic rings. The van der Waals surface area contributed by atoms with Crippen molar-refractivity contribution in [3.63, 3.8) is 0 Å². The van der Waals surface area contributed by atoms with Crippen molar-refractivity contribution in [3.05, 3.63) is 66.0 Å². The van der Waals surface area contributed by atoms with E-state index in [1.54, 1.807) is 0 Å². The summed E-state index contributed by atoms with van der Waals surface area (Å²) in [5.41, 5.74) is 2.95. The first-order valence-corrected chi connectivity index (χ1v) is 11.2. The highest BCUT2D eigenvalue weighted by molar-refractivity contribution is 5.89. The third-order valence-electron chi connectivity index (χ3n) is 5.63. The summed E-state index contributed by atoms with van der Waals surface area (Å²) in [6.07, 6.45) is 0.933. The van der Waals surface area contributed by atoms with Gasteiger partial charge in [-0.2, -0.15) is 5.10 Å². The van der Waals surface area contributed by atoms with Crippen LogP contribution >= 0.6 is 0 Å². The molecular weight excluding hydrogens is 402 g/mol. The number of hydrogen-bond donors (Lipinski definition) is 3. The van der Waals surface area contributed by atoms with Gasteiger partial charge >= 0.3 is 6.03 Å². The minimum absolute atomic E-state index is 0.194. The normalized spacial score (nSPS) is 14.9. The number of amides is 2. The van der Waals surface area contributed by atoms with Crippen LogP contribution in [0.4, 0.5) is 10.5 Å². The van der Waals surface area contributed by atoms with Gasteiger partial charge in [0.1, 0.15) is 5.82 Å². The quantitative estimate of drug-likeness (QED) is 0.475. The van der Waals surface area contributed by atoms with Crippen LogP contribution < -0.4 is 10.6 Å². The van der Waals surface area contributed by atoms with Crippen LogP contribution in [0.3, 0.4) is 0 Å². The highest BCUT2D eigenvalue weighted by Gasteiger charge is 2.16. The van der Waals surface area contributed by atoms with Crippen molar-refractivity contribution in [2.24, 2.45) is 0 Å². The van der Waals surface area contributed by atoms with Gasteiger partial charge in [-0.3, -0.25) is 10.00 Å². The molecule has 0 aliphatic carbocycles. The van der Waals surface area contributed by atoms with Gasteiger partial charge in [0.15, 0.2) is 5.82 Å². The molecule has 1 aromatic heterocycles. The molecule has 1 saturated heterocycles. The topological polar surface area (TPSA) is 89.2 Å². The van der Waals surface area contributed by atoms with Gasteiger partial charge in [-0.1, -0.05) is 42.5 Å². The van der Waals surface area contributed by atoms with E-state index in [0.29, 0.717) is 12.4 Å². The standard InChI is InChI=1S/C24H31N7O/c1-19-26-23(29-28-19)21-9-5-10-22(17-21)27-24(32)25-11-6-12-30-13-15-31(16-14-30)18-20-7-3-2-4-8-20/h2-5,7-10,17H,6,11-16,18H2,1H3,(H2,25,27,32)(H,26,28,29). The molecule has 2 amide bonds. The lowest BCUT2D eigenvalue weighted by Gasteiger charge is -2.34. The van der Waals surface area contributed by atoms with E-state index in [1.165, 1.54) is 5.56 Å². The number of carbonyl (C=O) groups is 1. The van der Waals surface area contributed by atoms with E-state index in [0.717, 1.165) is 62.8 Å². The third kappa shape index (κ3) is 6.38. The largest absolute Gasteiger partial charge is 0.338 e. The molecule has 0 spiro atoms. The van der Waals surface area contributed by atoms with E-state index < -0.39 is 0 Å². The molecule has 0 saturated carbocycles. The Kier molecular flexibility index (Phi) is 7.47. The van der Waals surface area contributed by atoms with Gasteiger partial charge in [0.25, 0.3) is 0 Å². The van der Waals surface area contributed by atoms with Crippen molar-refractivity contribution >= 4 is 11.7 Å². The first-order chi connectivity index (χ1) is 15.7. The number of aryl methyl sites for hydroxylation is 1. The van der Waals surface area contributed by atoms with Crippen LogP contribution in [0.5, 0.6) is 0 Å². The summed E-state index contributed by atoms with van der Waals surface area (Å²) >= 11 is 0. The van der Waals surface area contributed by atoms with Crippen molar-refractivity contribution in [3.8, 4) is 11.4 Å². The van der Waals surface area contributed by atoms with Crippen molar-refractivity contribution in [1.29, 1.82) is 0 Å². The summed E-state index contributed by atoms with van der Waals surface area (Å²) in [7, 11) is 0. The summed E-state index contributed by atoms with van der Waals surface area (Å²) in [5.74, 6) is 1.38. The first kappa shape index (κ1) is 22.0. The molecule has 0 unspecified atom stereocenters. The Bertz CT molecular complexity index is 996. The van der Waals surface area contributed by atoms with Gasteiger partial charge in [-0.05, 0) is 37.6 Å². The summed E-state index contributed by atoms with van der Waals surface area (Å²) in [6.45, 7) is 8.85. The highest BCUT2D eigenvalue weighted by Crippen LogP contribution is 2.19. The number of benzene rings is 2. The Morgan fingerprint density at radius 3 is 2.56 bits per heavy atom. The van der Waals surface area contributed by atoms with E-state index >= 15 is 0 Å². The van der Waals surface area contributed by atoms with Crippen molar-refractivity contribution in [2.45, 2.75) is 19.9 Å². The number of carbonyl (C=O) groups excluding carboxylic acids is 1. The minimum atomic E-state index is -0.194. The van der Waals surface area contributed by atoms with Gasteiger partial charge in [0.05, 0.1) is 0 Å². The Morgan fingerprint density at radius 2 is 1.81 bits per heavy atom. The molecule has 2 heterocycles. The predicted molar refractivity (Wildman–Crippen MR) is 126 cm³/mol. The van der Waals surface area contributed by atoms with Gasteiger partial charge in [-0.15, -0.1) is 0 Å². The molecule has 2 aromatic carbocycles. The smallest absolute Gasteiger partial charge is 0.319 e. The summed E-state index contributed by atoms with van der Waals surface area (Å²) in [4.78, 5) is 21.6. The molecule has 1 aliphatic heterocycles. The first-order valence-electron chi connectivity index (χ1n) is 11.2. The SMILES string of the molecule is Cc1nc(-c2cccc(NC(=O)NCCCN3CCN(Cc4ccccc4)CC3)c2)n[nH]1.